The van der Waals surface area contributed by atoms with E-state index in [0.29, 0.717) is 5.78 Å². The molecule has 0 radical (unpaired) electrons. The number of rotatable bonds is 3. The quantitative estimate of drug-likeness (QED) is 0.604. The SMILES string of the molecule is c1ccc(-c2cc(N[C@H]3CCCc4ccccc43)n3ncnc3n2)cc1. The molecular weight excluding hydrogens is 322 g/mol. The maximum absolute atomic E-state index is 4.65. The summed E-state index contributed by atoms with van der Waals surface area (Å²) in [5.41, 5.74) is 4.79. The molecule has 5 nitrogen and oxygen atoms in total. The summed E-state index contributed by atoms with van der Waals surface area (Å²) in [6, 6.07) is 21.2. The highest BCUT2D eigenvalue weighted by molar-refractivity contribution is 5.65. The molecule has 0 amide bonds. The standard InChI is InChI=1S/C21H19N5/c1-2-8-16(9-3-1)19-13-20(26-21(25-19)22-14-23-26)24-18-12-6-10-15-7-4-5-11-17(15)18/h1-5,7-9,11,13-14,18,24H,6,10,12H2/t18-/m0/s1. The van der Waals surface area contributed by atoms with E-state index < -0.39 is 0 Å². The van der Waals surface area contributed by atoms with Gasteiger partial charge in [-0.3, -0.25) is 0 Å². The highest BCUT2D eigenvalue weighted by atomic mass is 15.4. The van der Waals surface area contributed by atoms with Gasteiger partial charge in [-0.2, -0.15) is 14.6 Å². The molecule has 1 aliphatic rings. The molecular formula is C21H19N5. The zero-order chi connectivity index (χ0) is 17.3. The second-order valence-electron chi connectivity index (χ2n) is 6.65. The zero-order valence-corrected chi connectivity index (χ0v) is 14.3. The molecule has 1 atom stereocenters. The Morgan fingerprint density at radius 3 is 2.77 bits per heavy atom. The van der Waals surface area contributed by atoms with Crippen molar-refractivity contribution in [3.05, 3.63) is 78.1 Å². The van der Waals surface area contributed by atoms with Crippen LogP contribution in [0.5, 0.6) is 0 Å². The molecule has 1 N–H and O–H groups in total. The van der Waals surface area contributed by atoms with Crippen molar-refractivity contribution in [1.29, 1.82) is 0 Å². The van der Waals surface area contributed by atoms with Gasteiger partial charge in [-0.15, -0.1) is 0 Å². The van der Waals surface area contributed by atoms with Gasteiger partial charge in [0.1, 0.15) is 12.1 Å². The first-order valence-electron chi connectivity index (χ1n) is 8.99. The Morgan fingerprint density at radius 1 is 1.00 bits per heavy atom. The molecule has 0 bridgehead atoms. The van der Waals surface area contributed by atoms with Crippen LogP contribution in [-0.4, -0.2) is 19.6 Å². The average molecular weight is 341 g/mol. The van der Waals surface area contributed by atoms with E-state index >= 15 is 0 Å². The van der Waals surface area contributed by atoms with Crippen LogP contribution in [0, 0.1) is 0 Å². The molecule has 4 aromatic rings. The lowest BCUT2D eigenvalue weighted by Gasteiger charge is -2.27. The number of hydrogen-bond acceptors (Lipinski definition) is 4. The van der Waals surface area contributed by atoms with Crippen LogP contribution in [0.25, 0.3) is 17.0 Å². The van der Waals surface area contributed by atoms with E-state index in [4.69, 9.17) is 0 Å². The predicted molar refractivity (Wildman–Crippen MR) is 102 cm³/mol. The summed E-state index contributed by atoms with van der Waals surface area (Å²) in [6.45, 7) is 0. The van der Waals surface area contributed by atoms with E-state index in [1.54, 1.807) is 10.8 Å². The Labute approximate surface area is 151 Å². The van der Waals surface area contributed by atoms with Crippen LogP contribution < -0.4 is 5.32 Å². The fraction of sp³-hybridized carbons (Fsp3) is 0.190. The van der Waals surface area contributed by atoms with E-state index in [0.717, 1.165) is 29.9 Å². The highest BCUT2D eigenvalue weighted by Gasteiger charge is 2.21. The summed E-state index contributed by atoms with van der Waals surface area (Å²) in [5.74, 6) is 1.53. The second kappa shape index (κ2) is 6.26. The van der Waals surface area contributed by atoms with Gasteiger partial charge in [0.25, 0.3) is 5.78 Å². The molecule has 5 rings (SSSR count). The molecule has 0 aliphatic heterocycles. The summed E-state index contributed by atoms with van der Waals surface area (Å²) >= 11 is 0. The van der Waals surface area contributed by atoms with E-state index in [-0.39, 0.29) is 6.04 Å². The van der Waals surface area contributed by atoms with Crippen LogP contribution >= 0.6 is 0 Å². The topological polar surface area (TPSA) is 55.1 Å². The molecule has 0 unspecified atom stereocenters. The van der Waals surface area contributed by atoms with Crippen molar-refractivity contribution in [3.8, 4) is 11.3 Å². The van der Waals surface area contributed by atoms with Gasteiger partial charge >= 0.3 is 0 Å². The summed E-state index contributed by atoms with van der Waals surface area (Å²) < 4.78 is 1.78. The number of benzene rings is 2. The van der Waals surface area contributed by atoms with Crippen molar-refractivity contribution in [2.24, 2.45) is 0 Å². The molecule has 0 fully saturated rings. The number of aryl methyl sites for hydroxylation is 1. The summed E-state index contributed by atoms with van der Waals surface area (Å²) in [5, 5.41) is 8.05. The molecule has 5 heteroatoms. The average Bonchev–Trinajstić information content (AvgIpc) is 3.18. The molecule has 2 heterocycles. The van der Waals surface area contributed by atoms with E-state index in [1.165, 1.54) is 17.5 Å². The van der Waals surface area contributed by atoms with Gasteiger partial charge in [0.2, 0.25) is 0 Å². The highest BCUT2D eigenvalue weighted by Crippen LogP contribution is 2.33. The molecule has 2 aromatic heterocycles. The smallest absolute Gasteiger partial charge is 0.254 e. The molecule has 26 heavy (non-hydrogen) atoms. The minimum atomic E-state index is 0.276. The Balaban J connectivity index is 1.58. The van der Waals surface area contributed by atoms with Crippen LogP contribution in [0.3, 0.4) is 0 Å². The second-order valence-corrected chi connectivity index (χ2v) is 6.65. The lowest BCUT2D eigenvalue weighted by Crippen LogP contribution is -2.19. The number of nitrogens with zero attached hydrogens (tertiary/aromatic N) is 4. The Kier molecular flexibility index (Phi) is 3.63. The van der Waals surface area contributed by atoms with Crippen LogP contribution in [-0.2, 0) is 6.42 Å². The third-order valence-corrected chi connectivity index (χ3v) is 5.01. The van der Waals surface area contributed by atoms with Gasteiger partial charge in [-0.25, -0.2) is 4.98 Å². The van der Waals surface area contributed by atoms with E-state index in [2.05, 4.69) is 62.8 Å². The molecule has 0 spiro atoms. The largest absolute Gasteiger partial charge is 0.363 e. The van der Waals surface area contributed by atoms with Crippen LogP contribution in [0.15, 0.2) is 67.0 Å². The van der Waals surface area contributed by atoms with Crippen LogP contribution in [0.2, 0.25) is 0 Å². The van der Waals surface area contributed by atoms with Crippen molar-refractivity contribution < 1.29 is 0 Å². The van der Waals surface area contributed by atoms with Crippen molar-refractivity contribution in [3.63, 3.8) is 0 Å². The lowest BCUT2D eigenvalue weighted by molar-refractivity contribution is 0.596. The van der Waals surface area contributed by atoms with E-state index in [1.807, 2.05) is 18.2 Å². The number of anilines is 1. The minimum Gasteiger partial charge on any atom is -0.363 e. The number of nitrogens with one attached hydrogen (secondary N) is 1. The predicted octanol–water partition coefficient (Wildman–Crippen LogP) is 4.28. The Hall–Kier alpha value is -3.21. The fourth-order valence-electron chi connectivity index (χ4n) is 3.75. The molecule has 0 saturated carbocycles. The van der Waals surface area contributed by atoms with Crippen molar-refractivity contribution in [1.82, 2.24) is 19.6 Å². The third-order valence-electron chi connectivity index (χ3n) is 5.01. The van der Waals surface area contributed by atoms with Gasteiger partial charge in [0.05, 0.1) is 11.7 Å². The summed E-state index contributed by atoms with van der Waals surface area (Å²) in [6.07, 6.45) is 5.00. The van der Waals surface area contributed by atoms with Gasteiger partial charge in [-0.1, -0.05) is 54.6 Å². The third kappa shape index (κ3) is 2.62. The summed E-state index contributed by atoms with van der Waals surface area (Å²) in [4.78, 5) is 8.96. The van der Waals surface area contributed by atoms with Crippen molar-refractivity contribution >= 4 is 11.6 Å². The van der Waals surface area contributed by atoms with Crippen LogP contribution in [0.4, 0.5) is 5.82 Å². The Morgan fingerprint density at radius 2 is 1.85 bits per heavy atom. The maximum atomic E-state index is 4.65. The maximum Gasteiger partial charge on any atom is 0.254 e. The molecule has 1 aliphatic carbocycles. The first-order chi connectivity index (χ1) is 12.9. The molecule has 2 aromatic carbocycles. The monoisotopic (exact) mass is 341 g/mol. The number of aromatic nitrogens is 4. The van der Waals surface area contributed by atoms with E-state index in [9.17, 15) is 0 Å². The van der Waals surface area contributed by atoms with Crippen molar-refractivity contribution in [2.75, 3.05) is 5.32 Å². The number of hydrogen-bond donors (Lipinski definition) is 1. The summed E-state index contributed by atoms with van der Waals surface area (Å²) in [7, 11) is 0. The Bertz CT molecular complexity index is 1050. The first kappa shape index (κ1) is 15.1. The first-order valence-corrected chi connectivity index (χ1v) is 8.99. The molecule has 0 saturated heterocycles. The van der Waals surface area contributed by atoms with Gasteiger partial charge in [-0.05, 0) is 30.4 Å². The van der Waals surface area contributed by atoms with Gasteiger partial charge in [0, 0.05) is 11.6 Å². The fourth-order valence-corrected chi connectivity index (χ4v) is 3.75. The number of fused-ring (bicyclic) bond motifs is 2. The minimum absolute atomic E-state index is 0.276. The zero-order valence-electron chi connectivity index (χ0n) is 14.3. The van der Waals surface area contributed by atoms with Gasteiger partial charge < -0.3 is 5.32 Å². The lowest BCUT2D eigenvalue weighted by atomic mass is 9.88. The normalized spacial score (nSPS) is 16.4. The van der Waals surface area contributed by atoms with Crippen LogP contribution in [0.1, 0.15) is 30.0 Å². The molecule has 128 valence electrons. The van der Waals surface area contributed by atoms with Gasteiger partial charge in [0.15, 0.2) is 0 Å². The van der Waals surface area contributed by atoms with Crippen molar-refractivity contribution in [2.45, 2.75) is 25.3 Å².